The molecule has 2 aromatic rings. The van der Waals surface area contributed by atoms with Gasteiger partial charge in [0.05, 0.1) is 0 Å². The number of rotatable bonds is 2. The minimum atomic E-state index is -3.41. The fourth-order valence-electron chi connectivity index (χ4n) is 2.04. The third kappa shape index (κ3) is 2.39. The SMILES string of the molecule is O=S(=O)(c1cccs1)N1CCOc2ccccc2C1. The zero-order valence-corrected chi connectivity index (χ0v) is 11.8. The first-order valence-electron chi connectivity index (χ1n) is 5.92. The zero-order chi connectivity index (χ0) is 13.3. The lowest BCUT2D eigenvalue weighted by Gasteiger charge is -2.18. The van der Waals surface area contributed by atoms with Gasteiger partial charge in [0.2, 0.25) is 0 Å². The molecule has 4 nitrogen and oxygen atoms in total. The molecule has 0 amide bonds. The van der Waals surface area contributed by atoms with Crippen LogP contribution in [-0.4, -0.2) is 25.9 Å². The molecule has 0 atom stereocenters. The molecule has 0 radical (unpaired) electrons. The summed E-state index contributed by atoms with van der Waals surface area (Å²) in [6.45, 7) is 1.10. The molecular formula is C13H13NO3S2. The van der Waals surface area contributed by atoms with Crippen molar-refractivity contribution in [2.45, 2.75) is 10.8 Å². The maximum Gasteiger partial charge on any atom is 0.252 e. The van der Waals surface area contributed by atoms with Gasteiger partial charge in [-0.15, -0.1) is 11.3 Å². The molecule has 1 aliphatic heterocycles. The Kier molecular flexibility index (Phi) is 3.30. The third-order valence-electron chi connectivity index (χ3n) is 3.01. The van der Waals surface area contributed by atoms with Crippen LogP contribution in [0, 0.1) is 0 Å². The Morgan fingerprint density at radius 3 is 2.79 bits per heavy atom. The van der Waals surface area contributed by atoms with E-state index in [0.717, 1.165) is 11.3 Å². The van der Waals surface area contributed by atoms with Crippen molar-refractivity contribution < 1.29 is 13.2 Å². The largest absolute Gasteiger partial charge is 0.492 e. The highest BCUT2D eigenvalue weighted by molar-refractivity contribution is 7.91. The van der Waals surface area contributed by atoms with Crippen LogP contribution in [0.4, 0.5) is 0 Å². The summed E-state index contributed by atoms with van der Waals surface area (Å²) in [5, 5.41) is 1.77. The van der Waals surface area contributed by atoms with E-state index in [1.165, 1.54) is 15.6 Å². The van der Waals surface area contributed by atoms with E-state index in [4.69, 9.17) is 4.74 Å². The summed E-state index contributed by atoms with van der Waals surface area (Å²) >= 11 is 1.24. The Morgan fingerprint density at radius 2 is 2.00 bits per heavy atom. The quantitative estimate of drug-likeness (QED) is 0.854. The van der Waals surface area contributed by atoms with Crippen LogP contribution in [0.15, 0.2) is 46.0 Å². The van der Waals surface area contributed by atoms with E-state index in [0.29, 0.717) is 23.9 Å². The van der Waals surface area contributed by atoms with Crippen molar-refractivity contribution in [3.8, 4) is 5.75 Å². The number of nitrogens with zero attached hydrogens (tertiary/aromatic N) is 1. The fourth-order valence-corrected chi connectivity index (χ4v) is 4.59. The molecule has 2 heterocycles. The van der Waals surface area contributed by atoms with Gasteiger partial charge in [-0.05, 0) is 17.5 Å². The van der Waals surface area contributed by atoms with Crippen LogP contribution in [0.5, 0.6) is 5.75 Å². The number of ether oxygens (including phenoxy) is 1. The maximum absolute atomic E-state index is 12.5. The van der Waals surface area contributed by atoms with Crippen LogP contribution in [0.25, 0.3) is 0 Å². The molecule has 1 aliphatic rings. The van der Waals surface area contributed by atoms with Crippen LogP contribution < -0.4 is 4.74 Å². The van der Waals surface area contributed by atoms with E-state index >= 15 is 0 Å². The second kappa shape index (κ2) is 4.96. The van der Waals surface area contributed by atoms with E-state index in [-0.39, 0.29) is 0 Å². The van der Waals surface area contributed by atoms with Crippen LogP contribution in [0.1, 0.15) is 5.56 Å². The molecule has 0 N–H and O–H groups in total. The van der Waals surface area contributed by atoms with Crippen LogP contribution in [0.3, 0.4) is 0 Å². The summed E-state index contributed by atoms with van der Waals surface area (Å²) in [6.07, 6.45) is 0. The van der Waals surface area contributed by atoms with E-state index in [9.17, 15) is 8.42 Å². The van der Waals surface area contributed by atoms with E-state index in [1.807, 2.05) is 24.3 Å². The van der Waals surface area contributed by atoms with Gasteiger partial charge in [0.25, 0.3) is 10.0 Å². The van der Waals surface area contributed by atoms with Gasteiger partial charge < -0.3 is 4.74 Å². The highest BCUT2D eigenvalue weighted by Crippen LogP contribution is 2.27. The van der Waals surface area contributed by atoms with Crippen molar-refractivity contribution in [1.29, 1.82) is 0 Å². The average molecular weight is 295 g/mol. The molecular weight excluding hydrogens is 282 g/mol. The Hall–Kier alpha value is -1.37. The van der Waals surface area contributed by atoms with E-state index in [1.54, 1.807) is 17.5 Å². The number of sulfonamides is 1. The van der Waals surface area contributed by atoms with Gasteiger partial charge in [-0.2, -0.15) is 4.31 Å². The second-order valence-corrected chi connectivity index (χ2v) is 7.34. The Morgan fingerprint density at radius 1 is 1.16 bits per heavy atom. The van der Waals surface area contributed by atoms with E-state index < -0.39 is 10.0 Å². The Bertz CT molecular complexity index is 665. The minimum absolute atomic E-state index is 0.358. The monoisotopic (exact) mass is 295 g/mol. The van der Waals surface area contributed by atoms with Gasteiger partial charge in [-0.25, -0.2) is 8.42 Å². The number of fused-ring (bicyclic) bond motifs is 1. The normalized spacial score (nSPS) is 16.4. The van der Waals surface area contributed by atoms with Gasteiger partial charge in [0.15, 0.2) is 0 Å². The van der Waals surface area contributed by atoms with Gasteiger partial charge in [0, 0.05) is 18.7 Å². The molecule has 0 unspecified atom stereocenters. The Balaban J connectivity index is 1.95. The van der Waals surface area contributed by atoms with Gasteiger partial charge in [0.1, 0.15) is 16.6 Å². The first kappa shape index (κ1) is 12.7. The summed E-state index contributed by atoms with van der Waals surface area (Å²) in [6, 6.07) is 10.9. The molecule has 0 saturated carbocycles. The summed E-state index contributed by atoms with van der Waals surface area (Å²) < 4.78 is 32.4. The molecule has 6 heteroatoms. The van der Waals surface area contributed by atoms with E-state index in [2.05, 4.69) is 0 Å². The number of hydrogen-bond acceptors (Lipinski definition) is 4. The molecule has 0 fully saturated rings. The summed E-state index contributed by atoms with van der Waals surface area (Å²) in [4.78, 5) is 0. The predicted octanol–water partition coefficient (Wildman–Crippen LogP) is 2.33. The third-order valence-corrected chi connectivity index (χ3v) is 6.22. The van der Waals surface area contributed by atoms with Crippen LogP contribution in [0.2, 0.25) is 0 Å². The summed E-state index contributed by atoms with van der Waals surface area (Å²) in [7, 11) is -3.41. The lowest BCUT2D eigenvalue weighted by Crippen LogP contribution is -2.32. The molecule has 0 saturated heterocycles. The van der Waals surface area contributed by atoms with Crippen molar-refractivity contribution in [2.24, 2.45) is 0 Å². The predicted molar refractivity (Wildman–Crippen MR) is 73.9 cm³/mol. The van der Waals surface area contributed by atoms with Gasteiger partial charge >= 0.3 is 0 Å². The van der Waals surface area contributed by atoms with Crippen molar-refractivity contribution in [1.82, 2.24) is 4.31 Å². The first-order valence-corrected chi connectivity index (χ1v) is 8.24. The van der Waals surface area contributed by atoms with Gasteiger partial charge in [-0.3, -0.25) is 0 Å². The highest BCUT2D eigenvalue weighted by atomic mass is 32.2. The van der Waals surface area contributed by atoms with Crippen LogP contribution >= 0.6 is 11.3 Å². The van der Waals surface area contributed by atoms with Crippen molar-refractivity contribution in [3.63, 3.8) is 0 Å². The highest BCUT2D eigenvalue weighted by Gasteiger charge is 2.28. The zero-order valence-electron chi connectivity index (χ0n) is 10.2. The summed E-state index contributed by atoms with van der Waals surface area (Å²) in [5.74, 6) is 0.770. The van der Waals surface area contributed by atoms with Crippen LogP contribution in [-0.2, 0) is 16.6 Å². The van der Waals surface area contributed by atoms with Crippen molar-refractivity contribution in [2.75, 3.05) is 13.2 Å². The molecule has 0 bridgehead atoms. The molecule has 19 heavy (non-hydrogen) atoms. The minimum Gasteiger partial charge on any atom is -0.492 e. The second-order valence-electron chi connectivity index (χ2n) is 4.23. The fraction of sp³-hybridized carbons (Fsp3) is 0.231. The first-order chi connectivity index (χ1) is 9.18. The molecule has 100 valence electrons. The maximum atomic E-state index is 12.5. The molecule has 1 aromatic carbocycles. The number of benzene rings is 1. The number of hydrogen-bond donors (Lipinski definition) is 0. The van der Waals surface area contributed by atoms with Gasteiger partial charge in [-0.1, -0.05) is 24.3 Å². The smallest absolute Gasteiger partial charge is 0.252 e. The van der Waals surface area contributed by atoms with Crippen molar-refractivity contribution in [3.05, 3.63) is 47.3 Å². The lowest BCUT2D eigenvalue weighted by atomic mass is 10.2. The van der Waals surface area contributed by atoms with Crippen molar-refractivity contribution >= 4 is 21.4 Å². The summed E-state index contributed by atoms with van der Waals surface area (Å²) in [5.41, 5.74) is 0.903. The Labute approximate surface area is 116 Å². The number of thiophene rings is 1. The molecule has 1 aromatic heterocycles. The standard InChI is InChI=1S/C13H13NO3S2/c15-19(16,13-6-3-9-18-13)14-7-8-17-12-5-2-1-4-11(12)10-14/h1-6,9H,7-8,10H2. The molecule has 0 aliphatic carbocycles. The molecule has 3 rings (SSSR count). The topological polar surface area (TPSA) is 46.6 Å². The number of para-hydroxylation sites is 1. The molecule has 0 spiro atoms. The lowest BCUT2D eigenvalue weighted by molar-refractivity contribution is 0.293. The average Bonchev–Trinajstić information content (AvgIpc) is 2.85.